The van der Waals surface area contributed by atoms with Crippen LogP contribution in [0.25, 0.3) is 0 Å². The van der Waals surface area contributed by atoms with Gasteiger partial charge in [-0.05, 0) is 48.2 Å². The van der Waals surface area contributed by atoms with Crippen LogP contribution in [0, 0.1) is 6.92 Å². The summed E-state index contributed by atoms with van der Waals surface area (Å²) in [5, 5.41) is 5.87. The van der Waals surface area contributed by atoms with E-state index >= 15 is 0 Å². The van der Waals surface area contributed by atoms with E-state index in [-0.39, 0.29) is 17.9 Å². The lowest BCUT2D eigenvalue weighted by Crippen LogP contribution is -2.29. The molecule has 0 unspecified atom stereocenters. The van der Waals surface area contributed by atoms with Crippen LogP contribution < -0.4 is 15.5 Å². The first kappa shape index (κ1) is 20.7. The molecule has 1 aliphatic heterocycles. The highest BCUT2D eigenvalue weighted by Crippen LogP contribution is 2.27. The highest BCUT2D eigenvalue weighted by molar-refractivity contribution is 5.97. The molecule has 1 saturated heterocycles. The average Bonchev–Trinajstić information content (AvgIpc) is 3.23. The smallest absolute Gasteiger partial charge is 0.322 e. The lowest BCUT2D eigenvalue weighted by atomic mass is 9.88. The standard InChI is InChI=1S/C26H27N3O2/c1-19-18-22(12-13-24(19)29-17-16-28-26(29)31)25(30)27-15-14-23(20-8-4-2-5-9-20)21-10-6-3-7-11-21/h2-13,18,23H,14-17H2,1H3,(H,27,30)(H,28,31). The van der Waals surface area contributed by atoms with Crippen molar-refractivity contribution in [2.24, 2.45) is 0 Å². The molecule has 0 bridgehead atoms. The summed E-state index contributed by atoms with van der Waals surface area (Å²) in [5.41, 5.74) is 4.85. The van der Waals surface area contributed by atoms with Crippen LogP contribution in [0.2, 0.25) is 0 Å². The topological polar surface area (TPSA) is 61.4 Å². The van der Waals surface area contributed by atoms with Gasteiger partial charge in [0.05, 0.1) is 0 Å². The second-order valence-electron chi connectivity index (χ2n) is 7.80. The fraction of sp³-hybridized carbons (Fsp3) is 0.231. The first-order chi connectivity index (χ1) is 15.1. The van der Waals surface area contributed by atoms with Crippen LogP contribution in [0.5, 0.6) is 0 Å². The van der Waals surface area contributed by atoms with E-state index in [1.807, 2.05) is 31.2 Å². The molecule has 5 nitrogen and oxygen atoms in total. The zero-order valence-electron chi connectivity index (χ0n) is 17.7. The summed E-state index contributed by atoms with van der Waals surface area (Å²) in [5.74, 6) is 0.126. The van der Waals surface area contributed by atoms with Gasteiger partial charge in [-0.3, -0.25) is 9.69 Å². The third kappa shape index (κ3) is 4.77. The largest absolute Gasteiger partial charge is 0.352 e. The van der Waals surface area contributed by atoms with Crippen molar-refractivity contribution >= 4 is 17.6 Å². The van der Waals surface area contributed by atoms with E-state index < -0.39 is 0 Å². The van der Waals surface area contributed by atoms with Gasteiger partial charge in [0.1, 0.15) is 0 Å². The number of anilines is 1. The average molecular weight is 414 g/mol. The van der Waals surface area contributed by atoms with E-state index in [0.717, 1.165) is 17.7 Å². The maximum absolute atomic E-state index is 12.7. The summed E-state index contributed by atoms with van der Waals surface area (Å²) in [6, 6.07) is 26.2. The number of amides is 3. The predicted octanol–water partition coefficient (Wildman–Crippen LogP) is 4.48. The lowest BCUT2D eigenvalue weighted by molar-refractivity contribution is 0.0952. The molecular formula is C26H27N3O2. The molecule has 3 aromatic rings. The van der Waals surface area contributed by atoms with Gasteiger partial charge in [0.25, 0.3) is 5.91 Å². The van der Waals surface area contributed by atoms with Gasteiger partial charge in [0, 0.05) is 36.8 Å². The SMILES string of the molecule is Cc1cc(C(=O)NCCC(c2ccccc2)c2ccccc2)ccc1N1CCNC1=O. The predicted molar refractivity (Wildman–Crippen MR) is 124 cm³/mol. The molecule has 0 aliphatic carbocycles. The highest BCUT2D eigenvalue weighted by atomic mass is 16.2. The van der Waals surface area contributed by atoms with Crippen LogP contribution in [0.15, 0.2) is 78.9 Å². The number of hydrogen-bond donors (Lipinski definition) is 2. The van der Waals surface area contributed by atoms with Crippen molar-refractivity contribution < 1.29 is 9.59 Å². The van der Waals surface area contributed by atoms with Gasteiger partial charge < -0.3 is 10.6 Å². The van der Waals surface area contributed by atoms with E-state index in [9.17, 15) is 9.59 Å². The fourth-order valence-electron chi connectivity index (χ4n) is 4.13. The Labute approximate surface area is 183 Å². The van der Waals surface area contributed by atoms with Crippen LogP contribution >= 0.6 is 0 Å². The summed E-state index contributed by atoms with van der Waals surface area (Å²) < 4.78 is 0. The van der Waals surface area contributed by atoms with Gasteiger partial charge in [-0.2, -0.15) is 0 Å². The van der Waals surface area contributed by atoms with Crippen LogP contribution in [0.3, 0.4) is 0 Å². The zero-order chi connectivity index (χ0) is 21.6. The Morgan fingerprint density at radius 3 is 2.19 bits per heavy atom. The number of nitrogens with one attached hydrogen (secondary N) is 2. The monoisotopic (exact) mass is 413 g/mol. The van der Waals surface area contributed by atoms with Crippen LogP contribution in [-0.2, 0) is 0 Å². The molecular weight excluding hydrogens is 386 g/mol. The summed E-state index contributed by atoms with van der Waals surface area (Å²) in [6.07, 6.45) is 0.810. The molecule has 5 heteroatoms. The van der Waals surface area contributed by atoms with Gasteiger partial charge in [-0.25, -0.2) is 4.79 Å². The molecule has 1 fully saturated rings. The maximum Gasteiger partial charge on any atom is 0.322 e. The van der Waals surface area contributed by atoms with Crippen LogP contribution in [0.1, 0.15) is 39.4 Å². The van der Waals surface area contributed by atoms with Crippen LogP contribution in [-0.4, -0.2) is 31.6 Å². The summed E-state index contributed by atoms with van der Waals surface area (Å²) >= 11 is 0. The maximum atomic E-state index is 12.7. The van der Waals surface area contributed by atoms with Gasteiger partial charge in [0.2, 0.25) is 0 Å². The Hall–Kier alpha value is -3.60. The Morgan fingerprint density at radius 1 is 1.00 bits per heavy atom. The summed E-state index contributed by atoms with van der Waals surface area (Å²) in [7, 11) is 0. The Morgan fingerprint density at radius 2 is 1.65 bits per heavy atom. The van der Waals surface area contributed by atoms with E-state index in [1.54, 1.807) is 11.0 Å². The molecule has 3 aromatic carbocycles. The minimum atomic E-state index is -0.0969. The van der Waals surface area contributed by atoms with E-state index in [2.05, 4.69) is 59.2 Å². The number of rotatable bonds is 7. The van der Waals surface area contributed by atoms with Crippen molar-refractivity contribution in [3.8, 4) is 0 Å². The van der Waals surface area contributed by atoms with Crippen molar-refractivity contribution in [1.82, 2.24) is 10.6 Å². The molecule has 2 N–H and O–H groups in total. The Kier molecular flexibility index (Phi) is 6.32. The number of nitrogens with zero attached hydrogens (tertiary/aromatic N) is 1. The molecule has 0 radical (unpaired) electrons. The van der Waals surface area contributed by atoms with Crippen molar-refractivity contribution in [1.29, 1.82) is 0 Å². The molecule has 1 heterocycles. The quantitative estimate of drug-likeness (QED) is 0.600. The highest BCUT2D eigenvalue weighted by Gasteiger charge is 2.23. The van der Waals surface area contributed by atoms with Gasteiger partial charge >= 0.3 is 6.03 Å². The van der Waals surface area contributed by atoms with Gasteiger partial charge in [0.15, 0.2) is 0 Å². The number of carbonyl (C=O) groups is 2. The lowest BCUT2D eigenvalue weighted by Gasteiger charge is -2.19. The fourth-order valence-corrected chi connectivity index (χ4v) is 4.13. The third-order valence-electron chi connectivity index (χ3n) is 5.73. The third-order valence-corrected chi connectivity index (χ3v) is 5.73. The second-order valence-corrected chi connectivity index (χ2v) is 7.80. The van der Waals surface area contributed by atoms with Crippen molar-refractivity contribution in [3.05, 3.63) is 101 Å². The number of aryl methyl sites for hydroxylation is 1. The molecule has 158 valence electrons. The summed E-state index contributed by atoms with van der Waals surface area (Å²) in [6.45, 7) is 3.79. The van der Waals surface area contributed by atoms with E-state index in [0.29, 0.717) is 25.2 Å². The zero-order valence-corrected chi connectivity index (χ0v) is 17.7. The molecule has 1 aliphatic rings. The first-order valence-electron chi connectivity index (χ1n) is 10.7. The molecule has 0 saturated carbocycles. The summed E-state index contributed by atoms with van der Waals surface area (Å²) in [4.78, 5) is 26.4. The second kappa shape index (κ2) is 9.47. The van der Waals surface area contributed by atoms with Crippen LogP contribution in [0.4, 0.5) is 10.5 Å². The van der Waals surface area contributed by atoms with Crippen molar-refractivity contribution in [2.75, 3.05) is 24.5 Å². The molecule has 0 atom stereocenters. The number of benzene rings is 3. The number of hydrogen-bond acceptors (Lipinski definition) is 2. The number of urea groups is 1. The molecule has 3 amide bonds. The van der Waals surface area contributed by atoms with E-state index in [1.165, 1.54) is 11.1 Å². The van der Waals surface area contributed by atoms with Gasteiger partial charge in [-0.1, -0.05) is 60.7 Å². The van der Waals surface area contributed by atoms with Crippen molar-refractivity contribution in [2.45, 2.75) is 19.3 Å². The Balaban J connectivity index is 1.42. The minimum Gasteiger partial charge on any atom is -0.352 e. The minimum absolute atomic E-state index is 0.0897. The molecule has 0 aromatic heterocycles. The van der Waals surface area contributed by atoms with Gasteiger partial charge in [-0.15, -0.1) is 0 Å². The molecule has 4 rings (SSSR count). The Bertz CT molecular complexity index is 1010. The molecule has 0 spiro atoms. The normalized spacial score (nSPS) is 13.4. The van der Waals surface area contributed by atoms with E-state index in [4.69, 9.17) is 0 Å². The first-order valence-corrected chi connectivity index (χ1v) is 10.7. The number of carbonyl (C=O) groups excluding carboxylic acids is 2. The molecule has 31 heavy (non-hydrogen) atoms. The van der Waals surface area contributed by atoms with Crippen molar-refractivity contribution in [3.63, 3.8) is 0 Å².